The molecule has 2 rings (SSSR count). The minimum atomic E-state index is -4.35. The molecule has 0 radical (unpaired) electrons. The highest BCUT2D eigenvalue weighted by Crippen LogP contribution is 2.30. The maximum atomic E-state index is 12.5. The summed E-state index contributed by atoms with van der Waals surface area (Å²) in [5.74, 6) is 0.687. The monoisotopic (exact) mass is 462 g/mol. The summed E-state index contributed by atoms with van der Waals surface area (Å²) in [7, 11) is 2.92. The second kappa shape index (κ2) is 13.8. The fraction of sp³-hybridized carbons (Fsp3) is 0.381. The van der Waals surface area contributed by atoms with Crippen molar-refractivity contribution in [3.8, 4) is 11.5 Å². The van der Waals surface area contributed by atoms with E-state index in [9.17, 15) is 18.0 Å². The lowest BCUT2D eigenvalue weighted by Crippen LogP contribution is -2.10. The van der Waals surface area contributed by atoms with Gasteiger partial charge < -0.3 is 14.6 Å². The Morgan fingerprint density at radius 2 is 1.68 bits per heavy atom. The minimum absolute atomic E-state index is 0.380. The zero-order chi connectivity index (χ0) is 23.3. The first-order valence-corrected chi connectivity index (χ1v) is 10.1. The fourth-order valence-corrected chi connectivity index (χ4v) is 3.11. The Bertz CT molecular complexity index is 795. The van der Waals surface area contributed by atoms with Gasteiger partial charge in [-0.1, -0.05) is 0 Å². The van der Waals surface area contributed by atoms with E-state index in [-0.39, 0.29) is 6.61 Å². The van der Waals surface area contributed by atoms with E-state index in [2.05, 4.69) is 9.78 Å². The average Bonchev–Trinajstić information content (AvgIpc) is 2.72. The van der Waals surface area contributed by atoms with E-state index < -0.39 is 17.7 Å². The second-order valence-electron chi connectivity index (χ2n) is 6.02. The highest BCUT2D eigenvalue weighted by Gasteiger charge is 2.29. The molecule has 172 valence electrons. The largest absolute Gasteiger partial charge is 0.494 e. The molecule has 6 nitrogen and oxygen atoms in total. The van der Waals surface area contributed by atoms with Crippen LogP contribution >= 0.6 is 11.8 Å². The third-order valence-electron chi connectivity index (χ3n) is 3.67. The zero-order valence-corrected chi connectivity index (χ0v) is 18.2. The number of carboxylic acids is 1. The third-order valence-corrected chi connectivity index (χ3v) is 4.75. The van der Waals surface area contributed by atoms with Gasteiger partial charge in [-0.25, -0.2) is 14.6 Å². The van der Waals surface area contributed by atoms with Gasteiger partial charge in [-0.2, -0.15) is 13.2 Å². The maximum Gasteiger partial charge on any atom is 0.416 e. The number of hydrogen-bond acceptors (Lipinski definition) is 6. The minimum Gasteiger partial charge on any atom is -0.494 e. The van der Waals surface area contributed by atoms with Gasteiger partial charge in [-0.05, 0) is 61.4 Å². The van der Waals surface area contributed by atoms with E-state index in [4.69, 9.17) is 14.6 Å². The van der Waals surface area contributed by atoms with Crippen LogP contribution in [0.5, 0.6) is 11.5 Å². The molecular formula is C21H25F3O6S. The molecule has 31 heavy (non-hydrogen) atoms. The number of benzene rings is 2. The molecule has 10 heteroatoms. The van der Waals surface area contributed by atoms with Crippen LogP contribution in [-0.4, -0.2) is 44.3 Å². The molecule has 0 saturated heterocycles. The van der Waals surface area contributed by atoms with Crippen molar-refractivity contribution in [1.29, 1.82) is 0 Å². The molecule has 0 aromatic heterocycles. The van der Waals surface area contributed by atoms with Gasteiger partial charge in [0.1, 0.15) is 11.5 Å². The van der Waals surface area contributed by atoms with Gasteiger partial charge in [0.15, 0.2) is 6.61 Å². The van der Waals surface area contributed by atoms with Crippen molar-refractivity contribution in [3.63, 3.8) is 0 Å². The highest BCUT2D eigenvalue weighted by atomic mass is 32.2. The zero-order valence-electron chi connectivity index (χ0n) is 17.4. The van der Waals surface area contributed by atoms with Crippen LogP contribution in [0.15, 0.2) is 47.4 Å². The lowest BCUT2D eigenvalue weighted by atomic mass is 10.2. The van der Waals surface area contributed by atoms with Gasteiger partial charge in [0.25, 0.3) is 0 Å². The van der Waals surface area contributed by atoms with Crippen molar-refractivity contribution in [2.24, 2.45) is 0 Å². The van der Waals surface area contributed by atoms with Gasteiger partial charge in [0, 0.05) is 10.6 Å². The molecule has 2 aromatic rings. The normalized spacial score (nSPS) is 10.8. The van der Waals surface area contributed by atoms with E-state index in [1.54, 1.807) is 17.8 Å². The number of carbonyl (C=O) groups is 1. The Hall–Kier alpha value is -2.43. The number of rotatable bonds is 10. The summed E-state index contributed by atoms with van der Waals surface area (Å²) in [5, 5.41) is 8.63. The molecule has 0 saturated carbocycles. The van der Waals surface area contributed by atoms with Crippen LogP contribution in [0.3, 0.4) is 0 Å². The predicted molar refractivity (Wildman–Crippen MR) is 111 cm³/mol. The molecule has 0 bridgehead atoms. The molecule has 2 aromatic carbocycles. The lowest BCUT2D eigenvalue weighted by Gasteiger charge is -2.10. The number of aliphatic carboxylic acids is 1. The summed E-state index contributed by atoms with van der Waals surface area (Å²) < 4.78 is 48.1. The fourth-order valence-electron chi connectivity index (χ4n) is 2.19. The van der Waals surface area contributed by atoms with Crippen LogP contribution in [0.1, 0.15) is 17.5 Å². The Balaban J connectivity index is 0.00000110. The van der Waals surface area contributed by atoms with E-state index in [0.717, 1.165) is 34.8 Å². The van der Waals surface area contributed by atoms with Crippen molar-refractivity contribution in [1.82, 2.24) is 0 Å². The number of alkyl halides is 3. The van der Waals surface area contributed by atoms with Crippen molar-refractivity contribution in [2.45, 2.75) is 24.4 Å². The summed E-state index contributed by atoms with van der Waals surface area (Å²) in [6.07, 6.45) is -3.62. The number of halogens is 3. The van der Waals surface area contributed by atoms with E-state index in [1.807, 2.05) is 19.1 Å². The summed E-state index contributed by atoms with van der Waals surface area (Å²) in [4.78, 5) is 19.6. The molecule has 0 atom stereocenters. The van der Waals surface area contributed by atoms with E-state index in [0.29, 0.717) is 18.1 Å². The van der Waals surface area contributed by atoms with Crippen LogP contribution in [0.25, 0.3) is 0 Å². The van der Waals surface area contributed by atoms with Gasteiger partial charge in [-0.3, -0.25) is 0 Å². The van der Waals surface area contributed by atoms with Crippen molar-refractivity contribution >= 4 is 17.7 Å². The van der Waals surface area contributed by atoms with Gasteiger partial charge >= 0.3 is 12.1 Å². The lowest BCUT2D eigenvalue weighted by molar-refractivity contribution is -0.248. The molecule has 0 aliphatic carbocycles. The summed E-state index contributed by atoms with van der Waals surface area (Å²) >= 11 is 1.61. The van der Waals surface area contributed by atoms with Crippen LogP contribution in [-0.2, 0) is 20.7 Å². The van der Waals surface area contributed by atoms with Crippen molar-refractivity contribution in [3.05, 3.63) is 53.6 Å². The van der Waals surface area contributed by atoms with Crippen LogP contribution in [0.2, 0.25) is 0 Å². The van der Waals surface area contributed by atoms with Gasteiger partial charge in [0.2, 0.25) is 0 Å². The number of hydrogen-bond donors (Lipinski definition) is 1. The van der Waals surface area contributed by atoms with E-state index >= 15 is 0 Å². The second-order valence-corrected chi connectivity index (χ2v) is 7.18. The summed E-state index contributed by atoms with van der Waals surface area (Å²) in [6.45, 7) is 1.86. The molecule has 0 spiro atoms. The van der Waals surface area contributed by atoms with Crippen molar-refractivity contribution in [2.75, 3.05) is 33.2 Å². The predicted octanol–water partition coefficient (Wildman–Crippen LogP) is 5.23. The SMILES string of the molecule is COOC.Cc1cc(SCCCOc2ccc(C(F)(F)F)cc2)ccc1OCC(=O)O. The smallest absolute Gasteiger partial charge is 0.416 e. The molecule has 0 unspecified atom stereocenters. The quantitative estimate of drug-likeness (QED) is 0.224. The van der Waals surface area contributed by atoms with Crippen LogP contribution in [0, 0.1) is 6.92 Å². The van der Waals surface area contributed by atoms with Crippen molar-refractivity contribution < 1.29 is 42.3 Å². The molecule has 0 amide bonds. The maximum absolute atomic E-state index is 12.5. The molecular weight excluding hydrogens is 437 g/mol. The standard InChI is InChI=1S/C19H19F3O4S.C2H6O2/c1-13-11-16(7-8-17(13)26-12-18(23)24)27-10-2-9-25-15-5-3-14(4-6-15)19(20,21)22;1-3-4-2/h3-8,11H,2,9-10,12H2,1H3,(H,23,24);1-2H3. The summed E-state index contributed by atoms with van der Waals surface area (Å²) in [6, 6.07) is 10.1. The Labute approximate surface area is 183 Å². The molecule has 0 heterocycles. The Morgan fingerprint density at radius 1 is 1.03 bits per heavy atom. The third kappa shape index (κ3) is 11.0. The Morgan fingerprint density at radius 3 is 2.19 bits per heavy atom. The number of ether oxygens (including phenoxy) is 2. The first kappa shape index (κ1) is 26.6. The number of thioether (sulfide) groups is 1. The Kier molecular flexibility index (Phi) is 11.8. The molecule has 0 aliphatic heterocycles. The molecule has 0 aliphatic rings. The first-order valence-electron chi connectivity index (χ1n) is 9.12. The topological polar surface area (TPSA) is 74.2 Å². The molecule has 0 fully saturated rings. The molecule has 1 N–H and O–H groups in total. The van der Waals surface area contributed by atoms with Crippen LogP contribution in [0.4, 0.5) is 13.2 Å². The van der Waals surface area contributed by atoms with E-state index in [1.165, 1.54) is 26.4 Å². The number of carboxylic acid groups (broad SMARTS) is 1. The van der Waals surface area contributed by atoms with Crippen LogP contribution < -0.4 is 9.47 Å². The first-order chi connectivity index (χ1) is 14.7. The van der Waals surface area contributed by atoms with Gasteiger partial charge in [-0.15, -0.1) is 11.8 Å². The van der Waals surface area contributed by atoms with Gasteiger partial charge in [0.05, 0.1) is 26.4 Å². The number of aryl methyl sites for hydroxylation is 1. The average molecular weight is 462 g/mol. The summed E-state index contributed by atoms with van der Waals surface area (Å²) in [5.41, 5.74) is 0.152. The highest BCUT2D eigenvalue weighted by molar-refractivity contribution is 7.99.